The first-order valence-electron chi connectivity index (χ1n) is 8.84. The Morgan fingerprint density at radius 1 is 1.07 bits per heavy atom. The van der Waals surface area contributed by atoms with E-state index in [1.165, 1.54) is 0 Å². The predicted octanol–water partition coefficient (Wildman–Crippen LogP) is 3.42. The van der Waals surface area contributed by atoms with Crippen LogP contribution in [0.3, 0.4) is 0 Å². The Balaban J connectivity index is 2.01. The van der Waals surface area contributed by atoms with Gasteiger partial charge in [0.25, 0.3) is 0 Å². The quantitative estimate of drug-likeness (QED) is 0.610. The van der Waals surface area contributed by atoms with Crippen molar-refractivity contribution in [2.75, 3.05) is 12.3 Å². The van der Waals surface area contributed by atoms with E-state index in [-0.39, 0.29) is 23.3 Å². The maximum atomic E-state index is 11.0. The minimum Gasteiger partial charge on any atom is -0.748 e. The Morgan fingerprint density at radius 2 is 1.74 bits per heavy atom. The number of aromatic hydroxyl groups is 1. The number of phenols is 1. The smallest absolute Gasteiger partial charge is 0.209 e. The monoisotopic (exact) mass is 385 g/mol. The average molecular weight is 385 g/mol. The number of benzene rings is 2. The summed E-state index contributed by atoms with van der Waals surface area (Å²) in [4.78, 5) is 0. The van der Waals surface area contributed by atoms with Gasteiger partial charge in [-0.05, 0) is 26.0 Å². The third-order valence-electron chi connectivity index (χ3n) is 4.93. The maximum Gasteiger partial charge on any atom is 0.209 e. The normalized spacial score (nSPS) is 16.1. The predicted molar refractivity (Wildman–Crippen MR) is 106 cm³/mol. The van der Waals surface area contributed by atoms with E-state index in [0.29, 0.717) is 12.1 Å². The zero-order valence-corrected chi connectivity index (χ0v) is 16.2. The first kappa shape index (κ1) is 19.3. The lowest BCUT2D eigenvalue weighted by Gasteiger charge is -2.15. The first-order chi connectivity index (χ1) is 12.7. The van der Waals surface area contributed by atoms with Crippen molar-refractivity contribution in [3.63, 3.8) is 0 Å². The molecule has 5 nitrogen and oxygen atoms in total. The molecule has 1 N–H and O–H groups in total. The highest BCUT2D eigenvalue weighted by Crippen LogP contribution is 2.40. The molecular weight excluding hydrogens is 362 g/mol. The fourth-order valence-electron chi connectivity index (χ4n) is 3.58. The molecule has 2 aromatic carbocycles. The van der Waals surface area contributed by atoms with Crippen LogP contribution in [0.5, 0.6) is 5.75 Å². The van der Waals surface area contributed by atoms with Crippen molar-refractivity contribution in [3.05, 3.63) is 65.7 Å². The standard InChI is InChI=1S/C21H23NO4S/c1-21(2)17-9-4-5-10-18(17)22(14-7-15-27(24,25)26)20(21)13-12-16-8-3-6-11-19(16)23/h3-6,8-13H,7,14-15H2,1-2H3,(H,24,25,26). The summed E-state index contributed by atoms with van der Waals surface area (Å²) in [6, 6.07) is 15.1. The SMILES string of the molecule is CC1(C)C(C=Cc2ccccc2O)=[N+](CCCS(=O)(=O)[O-])c2ccccc21. The zero-order valence-electron chi connectivity index (χ0n) is 15.4. The Morgan fingerprint density at radius 3 is 2.44 bits per heavy atom. The molecule has 0 amide bonds. The Kier molecular flexibility index (Phi) is 5.22. The number of rotatable bonds is 6. The lowest BCUT2D eigenvalue weighted by Crippen LogP contribution is -2.28. The first-order valence-corrected chi connectivity index (χ1v) is 10.4. The molecule has 1 aliphatic heterocycles. The van der Waals surface area contributed by atoms with Crippen molar-refractivity contribution in [1.29, 1.82) is 0 Å². The van der Waals surface area contributed by atoms with Crippen LogP contribution in [0.4, 0.5) is 5.69 Å². The lowest BCUT2D eigenvalue weighted by atomic mass is 9.81. The highest BCUT2D eigenvalue weighted by molar-refractivity contribution is 7.85. The molecule has 0 aliphatic carbocycles. The van der Waals surface area contributed by atoms with Crippen molar-refractivity contribution in [2.24, 2.45) is 0 Å². The fourth-order valence-corrected chi connectivity index (χ4v) is 4.06. The van der Waals surface area contributed by atoms with Gasteiger partial charge in [0, 0.05) is 35.4 Å². The summed E-state index contributed by atoms with van der Waals surface area (Å²) in [6.07, 6.45) is 4.07. The van der Waals surface area contributed by atoms with Gasteiger partial charge >= 0.3 is 0 Å². The van der Waals surface area contributed by atoms with Crippen molar-refractivity contribution in [1.82, 2.24) is 0 Å². The topological polar surface area (TPSA) is 80.4 Å². The summed E-state index contributed by atoms with van der Waals surface area (Å²) in [7, 11) is -4.24. The molecule has 1 aliphatic rings. The molecule has 3 rings (SSSR count). The average Bonchev–Trinajstić information content (AvgIpc) is 2.81. The molecule has 142 valence electrons. The number of para-hydroxylation sites is 2. The van der Waals surface area contributed by atoms with E-state index in [2.05, 4.69) is 24.5 Å². The number of hydrogen-bond donors (Lipinski definition) is 1. The molecule has 0 saturated heterocycles. The summed E-state index contributed by atoms with van der Waals surface area (Å²) < 4.78 is 35.0. The number of fused-ring (bicyclic) bond motifs is 1. The number of phenolic OH excluding ortho intramolecular Hbond substituents is 1. The largest absolute Gasteiger partial charge is 0.748 e. The molecule has 0 fully saturated rings. The zero-order chi connectivity index (χ0) is 19.7. The molecule has 27 heavy (non-hydrogen) atoms. The van der Waals surface area contributed by atoms with Crippen LogP contribution in [-0.4, -0.2) is 40.7 Å². The second-order valence-electron chi connectivity index (χ2n) is 7.19. The summed E-state index contributed by atoms with van der Waals surface area (Å²) in [5, 5.41) is 10.0. The van der Waals surface area contributed by atoms with E-state index in [1.807, 2.05) is 42.5 Å². The van der Waals surface area contributed by atoms with Crippen LogP contribution < -0.4 is 0 Å². The van der Waals surface area contributed by atoms with Crippen molar-refractivity contribution in [3.8, 4) is 5.75 Å². The van der Waals surface area contributed by atoms with Gasteiger partial charge in [0.05, 0.1) is 15.5 Å². The molecule has 6 heteroatoms. The van der Waals surface area contributed by atoms with Gasteiger partial charge in [-0.1, -0.05) is 36.4 Å². The van der Waals surface area contributed by atoms with Gasteiger partial charge < -0.3 is 9.66 Å². The number of nitrogens with zero attached hydrogens (tertiary/aromatic N) is 1. The van der Waals surface area contributed by atoms with Crippen LogP contribution in [-0.2, 0) is 15.5 Å². The maximum absolute atomic E-state index is 11.0. The van der Waals surface area contributed by atoms with E-state index in [0.717, 1.165) is 17.0 Å². The molecule has 0 radical (unpaired) electrons. The van der Waals surface area contributed by atoms with Crippen molar-refractivity contribution < 1.29 is 22.7 Å². The minimum absolute atomic E-state index is 0.201. The summed E-state index contributed by atoms with van der Waals surface area (Å²) in [5.74, 6) is -0.186. The molecule has 0 atom stereocenters. The van der Waals surface area contributed by atoms with Crippen LogP contribution in [0.25, 0.3) is 6.08 Å². The van der Waals surface area contributed by atoms with Crippen molar-refractivity contribution >= 4 is 27.6 Å². The Hall–Kier alpha value is -2.44. The van der Waals surface area contributed by atoms with Gasteiger partial charge in [0.15, 0.2) is 5.71 Å². The van der Waals surface area contributed by atoms with Gasteiger partial charge in [-0.2, -0.15) is 4.58 Å². The molecule has 0 spiro atoms. The summed E-state index contributed by atoms with van der Waals surface area (Å²) >= 11 is 0. The van der Waals surface area contributed by atoms with Crippen LogP contribution in [0, 0.1) is 0 Å². The van der Waals surface area contributed by atoms with E-state index in [4.69, 9.17) is 0 Å². The van der Waals surface area contributed by atoms with E-state index in [1.54, 1.807) is 12.1 Å². The third kappa shape index (κ3) is 4.12. The molecule has 0 aromatic heterocycles. The molecule has 1 heterocycles. The van der Waals surface area contributed by atoms with Crippen LogP contribution in [0.2, 0.25) is 0 Å². The molecule has 0 saturated carbocycles. The van der Waals surface area contributed by atoms with E-state index >= 15 is 0 Å². The highest BCUT2D eigenvalue weighted by Gasteiger charge is 2.43. The van der Waals surface area contributed by atoms with Gasteiger partial charge in [-0.15, -0.1) is 0 Å². The Bertz CT molecular complexity index is 1020. The van der Waals surface area contributed by atoms with Crippen LogP contribution in [0.15, 0.2) is 54.6 Å². The van der Waals surface area contributed by atoms with Crippen LogP contribution >= 0.6 is 0 Å². The van der Waals surface area contributed by atoms with Crippen molar-refractivity contribution in [2.45, 2.75) is 25.7 Å². The molecule has 0 bridgehead atoms. The van der Waals surface area contributed by atoms with E-state index < -0.39 is 10.1 Å². The summed E-state index contributed by atoms with van der Waals surface area (Å²) in [6.45, 7) is 4.66. The second-order valence-corrected chi connectivity index (χ2v) is 8.71. The van der Waals surface area contributed by atoms with E-state index in [9.17, 15) is 18.1 Å². The third-order valence-corrected chi connectivity index (χ3v) is 5.72. The Labute approximate surface area is 160 Å². The second kappa shape index (κ2) is 7.29. The molecule has 0 unspecified atom stereocenters. The molecular formula is C21H23NO4S. The van der Waals surface area contributed by atoms with Crippen LogP contribution in [0.1, 0.15) is 31.4 Å². The highest BCUT2D eigenvalue weighted by atomic mass is 32.2. The van der Waals surface area contributed by atoms with Gasteiger partial charge in [0.1, 0.15) is 12.3 Å². The molecule has 2 aromatic rings. The summed E-state index contributed by atoms with van der Waals surface area (Å²) in [5.41, 5.74) is 3.58. The number of hydrogen-bond acceptors (Lipinski definition) is 4. The fraction of sp³-hybridized carbons (Fsp3) is 0.286. The number of allylic oxidation sites excluding steroid dienone is 1. The van der Waals surface area contributed by atoms with Gasteiger partial charge in [-0.3, -0.25) is 0 Å². The lowest BCUT2D eigenvalue weighted by molar-refractivity contribution is -0.437. The van der Waals surface area contributed by atoms with Gasteiger partial charge in [0.2, 0.25) is 5.69 Å². The van der Waals surface area contributed by atoms with Gasteiger partial charge in [-0.25, -0.2) is 8.42 Å². The minimum atomic E-state index is -4.24.